The van der Waals surface area contributed by atoms with E-state index in [-0.39, 0.29) is 5.56 Å². The lowest BCUT2D eigenvalue weighted by Crippen LogP contribution is -2.33. The zero-order chi connectivity index (χ0) is 22.9. The maximum absolute atomic E-state index is 11.3. The number of aromatic carboxylic acids is 1. The Kier molecular flexibility index (Phi) is 6.13. The third-order valence-corrected chi connectivity index (χ3v) is 6.92. The maximum Gasteiger partial charge on any atom is 0.335 e. The number of carboxylic acids is 1. The molecule has 0 unspecified atom stereocenters. The van der Waals surface area contributed by atoms with Gasteiger partial charge in [0.05, 0.1) is 15.6 Å². The molecule has 1 saturated carbocycles. The van der Waals surface area contributed by atoms with Crippen LogP contribution in [0.1, 0.15) is 53.3 Å². The number of hydrogen-bond acceptors (Lipinski definition) is 5. The number of carbonyl (C=O) groups is 1. The van der Waals surface area contributed by atoms with Crippen molar-refractivity contribution in [3.05, 3.63) is 69.5 Å². The molecule has 3 aromatic rings. The van der Waals surface area contributed by atoms with Crippen LogP contribution in [0.3, 0.4) is 0 Å². The molecule has 0 spiro atoms. The molecule has 0 bridgehead atoms. The van der Waals surface area contributed by atoms with Gasteiger partial charge in [-0.1, -0.05) is 46.6 Å². The molecule has 1 aliphatic carbocycles. The summed E-state index contributed by atoms with van der Waals surface area (Å²) >= 11 is 12.9. The highest BCUT2D eigenvalue weighted by Gasteiger charge is 2.32. The monoisotopic (exact) mass is 483 g/mol. The molecular formula is C25H23Cl2N3O3. The smallest absolute Gasteiger partial charge is 0.335 e. The molecule has 0 atom stereocenters. The first-order chi connectivity index (χ1) is 16.0. The summed E-state index contributed by atoms with van der Waals surface area (Å²) in [4.78, 5) is 17.7. The number of aromatic nitrogens is 2. The number of anilines is 1. The summed E-state index contributed by atoms with van der Waals surface area (Å²) < 4.78 is 5.75. The Morgan fingerprint density at radius 2 is 1.85 bits per heavy atom. The van der Waals surface area contributed by atoms with Crippen LogP contribution in [0.2, 0.25) is 10.0 Å². The van der Waals surface area contributed by atoms with Crippen LogP contribution in [-0.2, 0) is 0 Å². The molecule has 170 valence electrons. The number of rotatable bonds is 6. The molecule has 2 aliphatic rings. The lowest BCUT2D eigenvalue weighted by atomic mass is 9.94. The molecule has 3 heterocycles. The summed E-state index contributed by atoms with van der Waals surface area (Å²) in [7, 11) is 0. The summed E-state index contributed by atoms with van der Waals surface area (Å²) in [6.45, 7) is 1.63. The molecule has 0 radical (unpaired) electrons. The fourth-order valence-corrected chi connectivity index (χ4v) is 4.87. The summed E-state index contributed by atoms with van der Waals surface area (Å²) in [5.41, 5.74) is 2.62. The van der Waals surface area contributed by atoms with Gasteiger partial charge in [-0.3, -0.25) is 0 Å². The zero-order valence-corrected chi connectivity index (χ0v) is 19.4. The largest absolute Gasteiger partial charge is 0.478 e. The van der Waals surface area contributed by atoms with Crippen LogP contribution in [0.15, 0.2) is 47.1 Å². The molecule has 6 nitrogen and oxygen atoms in total. The molecule has 33 heavy (non-hydrogen) atoms. The van der Waals surface area contributed by atoms with Gasteiger partial charge in [-0.2, -0.15) is 0 Å². The topological polar surface area (TPSA) is 79.5 Å². The standard InChI is InChI=1S/C25H23Cl2N3O3/c26-19-2-1-3-20(27)22(19)23-18(24(33-29-23)16-5-6-16)7-4-15-9-12-30(13-10-15)21-14-17(25(31)32)8-11-28-21/h1-4,7-8,11,14-16H,5-6,9-10,12-13H2,(H,31,32)/b7-4+. The highest BCUT2D eigenvalue weighted by atomic mass is 35.5. The Morgan fingerprint density at radius 3 is 2.52 bits per heavy atom. The third kappa shape index (κ3) is 4.63. The number of piperidine rings is 1. The van der Waals surface area contributed by atoms with Gasteiger partial charge in [0.15, 0.2) is 0 Å². The normalized spacial score (nSPS) is 17.1. The third-order valence-electron chi connectivity index (χ3n) is 6.29. The van der Waals surface area contributed by atoms with Gasteiger partial charge in [0, 0.05) is 36.3 Å². The fraction of sp³-hybridized carbons (Fsp3) is 0.320. The second-order valence-corrected chi connectivity index (χ2v) is 9.39. The van der Waals surface area contributed by atoms with E-state index in [2.05, 4.69) is 27.2 Å². The maximum atomic E-state index is 11.3. The van der Waals surface area contributed by atoms with Crippen molar-refractivity contribution in [1.82, 2.24) is 10.1 Å². The number of hydrogen-bond donors (Lipinski definition) is 1. The van der Waals surface area contributed by atoms with Gasteiger partial charge >= 0.3 is 5.97 Å². The molecule has 1 saturated heterocycles. The summed E-state index contributed by atoms with van der Waals surface area (Å²) in [6.07, 6.45) is 9.99. The van der Waals surface area contributed by atoms with Crippen LogP contribution >= 0.6 is 23.2 Å². The SMILES string of the molecule is O=C(O)c1ccnc(N2CCC(/C=C/c3c(-c4c(Cl)cccc4Cl)noc3C3CC3)CC2)c1. The van der Waals surface area contributed by atoms with E-state index in [1.807, 2.05) is 18.2 Å². The van der Waals surface area contributed by atoms with Gasteiger partial charge in [0.2, 0.25) is 0 Å². The molecule has 0 amide bonds. The number of pyridine rings is 1. The van der Waals surface area contributed by atoms with E-state index in [1.54, 1.807) is 12.3 Å². The minimum absolute atomic E-state index is 0.257. The second-order valence-electron chi connectivity index (χ2n) is 8.57. The fourth-order valence-electron chi connectivity index (χ4n) is 4.29. The van der Waals surface area contributed by atoms with Crippen molar-refractivity contribution in [1.29, 1.82) is 0 Å². The molecule has 2 aromatic heterocycles. The molecule has 1 N–H and O–H groups in total. The zero-order valence-electron chi connectivity index (χ0n) is 17.9. The Hall–Kier alpha value is -2.83. The molecule has 1 aliphatic heterocycles. The number of carboxylic acid groups (broad SMARTS) is 1. The van der Waals surface area contributed by atoms with Crippen LogP contribution in [0.5, 0.6) is 0 Å². The van der Waals surface area contributed by atoms with Crippen molar-refractivity contribution in [2.75, 3.05) is 18.0 Å². The van der Waals surface area contributed by atoms with Crippen molar-refractivity contribution in [2.24, 2.45) is 5.92 Å². The van der Waals surface area contributed by atoms with Gasteiger partial charge in [-0.15, -0.1) is 0 Å². The Balaban J connectivity index is 1.34. The highest BCUT2D eigenvalue weighted by molar-refractivity contribution is 6.39. The minimum atomic E-state index is -0.939. The van der Waals surface area contributed by atoms with Crippen LogP contribution in [0, 0.1) is 5.92 Å². The first-order valence-electron chi connectivity index (χ1n) is 11.1. The van der Waals surface area contributed by atoms with Gasteiger partial charge in [0.25, 0.3) is 0 Å². The van der Waals surface area contributed by atoms with E-state index in [1.165, 1.54) is 6.07 Å². The van der Waals surface area contributed by atoms with E-state index < -0.39 is 5.97 Å². The van der Waals surface area contributed by atoms with Gasteiger partial charge in [-0.25, -0.2) is 9.78 Å². The number of benzene rings is 1. The van der Waals surface area contributed by atoms with E-state index in [9.17, 15) is 9.90 Å². The predicted molar refractivity (Wildman–Crippen MR) is 129 cm³/mol. The van der Waals surface area contributed by atoms with Crippen LogP contribution in [0.4, 0.5) is 5.82 Å². The second kappa shape index (κ2) is 9.20. The number of halogens is 2. The average molecular weight is 484 g/mol. The van der Waals surface area contributed by atoms with Gasteiger partial charge in [0.1, 0.15) is 17.3 Å². The van der Waals surface area contributed by atoms with Crippen LogP contribution in [-0.4, -0.2) is 34.3 Å². The van der Waals surface area contributed by atoms with Crippen molar-refractivity contribution in [3.63, 3.8) is 0 Å². The lowest BCUT2D eigenvalue weighted by molar-refractivity contribution is 0.0696. The predicted octanol–water partition coefficient (Wildman–Crippen LogP) is 6.55. The quantitative estimate of drug-likeness (QED) is 0.428. The van der Waals surface area contributed by atoms with Crippen molar-refractivity contribution in [3.8, 4) is 11.3 Å². The molecular weight excluding hydrogens is 461 g/mol. The van der Waals surface area contributed by atoms with E-state index >= 15 is 0 Å². The average Bonchev–Trinajstić information content (AvgIpc) is 3.58. The highest BCUT2D eigenvalue weighted by Crippen LogP contribution is 2.46. The van der Waals surface area contributed by atoms with Crippen molar-refractivity contribution in [2.45, 2.75) is 31.6 Å². The number of nitrogens with zero attached hydrogens (tertiary/aromatic N) is 3. The van der Waals surface area contributed by atoms with E-state index in [0.717, 1.165) is 50.1 Å². The minimum Gasteiger partial charge on any atom is -0.478 e. The first kappa shape index (κ1) is 22.0. The van der Waals surface area contributed by atoms with E-state index in [0.29, 0.717) is 39.0 Å². The molecule has 8 heteroatoms. The van der Waals surface area contributed by atoms with Crippen LogP contribution in [0.25, 0.3) is 17.3 Å². The van der Waals surface area contributed by atoms with Gasteiger partial charge in [-0.05, 0) is 55.9 Å². The van der Waals surface area contributed by atoms with Gasteiger partial charge < -0.3 is 14.5 Å². The summed E-state index contributed by atoms with van der Waals surface area (Å²) in [6, 6.07) is 8.59. The summed E-state index contributed by atoms with van der Waals surface area (Å²) in [5.74, 6) is 1.47. The molecule has 5 rings (SSSR count). The Labute approximate surface area is 201 Å². The van der Waals surface area contributed by atoms with Crippen molar-refractivity contribution >= 4 is 41.1 Å². The molecule has 1 aromatic carbocycles. The Morgan fingerprint density at radius 1 is 1.12 bits per heavy atom. The van der Waals surface area contributed by atoms with Crippen molar-refractivity contribution < 1.29 is 14.4 Å². The summed E-state index contributed by atoms with van der Waals surface area (Å²) in [5, 5.41) is 14.7. The van der Waals surface area contributed by atoms with E-state index in [4.69, 9.17) is 27.7 Å². The number of allylic oxidation sites excluding steroid dienone is 1. The lowest BCUT2D eigenvalue weighted by Gasteiger charge is -2.31. The first-order valence-corrected chi connectivity index (χ1v) is 11.8. The molecule has 2 fully saturated rings. The Bertz CT molecular complexity index is 1190. The van der Waals surface area contributed by atoms with Crippen LogP contribution < -0.4 is 4.90 Å².